The molecule has 0 saturated heterocycles. The van der Waals surface area contributed by atoms with Crippen molar-refractivity contribution in [3.05, 3.63) is 45.9 Å². The second-order valence-corrected chi connectivity index (χ2v) is 5.84. The highest BCUT2D eigenvalue weighted by Crippen LogP contribution is 2.38. The van der Waals surface area contributed by atoms with E-state index in [0.717, 1.165) is 10.0 Å². The van der Waals surface area contributed by atoms with Crippen molar-refractivity contribution >= 4 is 21.7 Å². The molecular formula is C18H19BrO5. The zero-order valence-electron chi connectivity index (χ0n) is 14.0. The number of rotatable bonds is 7. The van der Waals surface area contributed by atoms with Crippen LogP contribution in [0.15, 0.2) is 34.8 Å². The van der Waals surface area contributed by atoms with Crippen molar-refractivity contribution in [2.24, 2.45) is 0 Å². The van der Waals surface area contributed by atoms with E-state index < -0.39 is 0 Å². The van der Waals surface area contributed by atoms with Crippen LogP contribution < -0.4 is 18.9 Å². The fourth-order valence-electron chi connectivity index (χ4n) is 2.36. The molecule has 0 unspecified atom stereocenters. The number of methoxy groups -OCH3 is 4. The standard InChI is InChI=1S/C18H19BrO5/c1-21-15-6-5-12(10-13(15)19)14(20)7-11-8-16(22-2)18(24-4)17(9-11)23-3/h5-6,8-10H,7H2,1-4H3. The van der Waals surface area contributed by atoms with E-state index in [9.17, 15) is 4.79 Å². The SMILES string of the molecule is COc1ccc(C(=O)Cc2cc(OC)c(OC)c(OC)c2)cc1Br. The molecule has 0 N–H and O–H groups in total. The molecule has 0 heterocycles. The zero-order chi connectivity index (χ0) is 17.7. The Hall–Kier alpha value is -2.21. The Bertz CT molecular complexity index is 717. The van der Waals surface area contributed by atoms with E-state index in [-0.39, 0.29) is 12.2 Å². The molecule has 0 aliphatic rings. The van der Waals surface area contributed by atoms with Gasteiger partial charge in [-0.05, 0) is 51.8 Å². The van der Waals surface area contributed by atoms with Gasteiger partial charge in [-0.3, -0.25) is 4.79 Å². The molecule has 0 aromatic heterocycles. The fraction of sp³-hybridized carbons (Fsp3) is 0.278. The third kappa shape index (κ3) is 3.82. The second kappa shape index (κ2) is 8.06. The van der Waals surface area contributed by atoms with Crippen molar-refractivity contribution < 1.29 is 23.7 Å². The van der Waals surface area contributed by atoms with Gasteiger partial charge in [-0.15, -0.1) is 0 Å². The summed E-state index contributed by atoms with van der Waals surface area (Å²) in [5, 5.41) is 0. The lowest BCUT2D eigenvalue weighted by atomic mass is 10.0. The normalized spacial score (nSPS) is 10.2. The van der Waals surface area contributed by atoms with Gasteiger partial charge in [-0.25, -0.2) is 0 Å². The van der Waals surface area contributed by atoms with Crippen LogP contribution in [0.3, 0.4) is 0 Å². The molecular weight excluding hydrogens is 376 g/mol. The van der Waals surface area contributed by atoms with Gasteiger partial charge in [0.1, 0.15) is 5.75 Å². The minimum absolute atomic E-state index is 0.0207. The first kappa shape index (κ1) is 18.1. The number of halogens is 1. The molecule has 2 rings (SSSR count). The van der Waals surface area contributed by atoms with Gasteiger partial charge < -0.3 is 18.9 Å². The van der Waals surface area contributed by atoms with Crippen LogP contribution in [0.5, 0.6) is 23.0 Å². The summed E-state index contributed by atoms with van der Waals surface area (Å²) in [7, 11) is 6.21. The maximum absolute atomic E-state index is 12.5. The Labute approximate surface area is 149 Å². The predicted octanol–water partition coefficient (Wildman–Crippen LogP) is 3.91. The van der Waals surface area contributed by atoms with Gasteiger partial charge in [0.05, 0.1) is 32.9 Å². The molecule has 0 amide bonds. The molecule has 2 aromatic rings. The van der Waals surface area contributed by atoms with Gasteiger partial charge in [-0.2, -0.15) is 0 Å². The number of benzene rings is 2. The fourth-order valence-corrected chi connectivity index (χ4v) is 2.91. The quantitative estimate of drug-likeness (QED) is 0.666. The van der Waals surface area contributed by atoms with Crippen molar-refractivity contribution in [3.63, 3.8) is 0 Å². The van der Waals surface area contributed by atoms with Crippen molar-refractivity contribution in [1.82, 2.24) is 0 Å². The molecule has 6 heteroatoms. The first-order valence-corrected chi connectivity index (χ1v) is 7.99. The van der Waals surface area contributed by atoms with Crippen LogP contribution >= 0.6 is 15.9 Å². The molecule has 0 saturated carbocycles. The molecule has 0 fully saturated rings. The lowest BCUT2D eigenvalue weighted by Gasteiger charge is -2.14. The third-order valence-corrected chi connectivity index (χ3v) is 4.18. The highest BCUT2D eigenvalue weighted by molar-refractivity contribution is 9.10. The Morgan fingerprint density at radius 1 is 0.875 bits per heavy atom. The summed E-state index contributed by atoms with van der Waals surface area (Å²) in [4.78, 5) is 12.5. The van der Waals surface area contributed by atoms with Crippen LogP contribution in [-0.2, 0) is 6.42 Å². The van der Waals surface area contributed by atoms with Gasteiger partial charge in [0, 0.05) is 12.0 Å². The largest absolute Gasteiger partial charge is 0.496 e. The van der Waals surface area contributed by atoms with Crippen LogP contribution in [0, 0.1) is 0 Å². The second-order valence-electron chi connectivity index (χ2n) is 4.98. The van der Waals surface area contributed by atoms with Crippen LogP contribution in [0.1, 0.15) is 15.9 Å². The smallest absolute Gasteiger partial charge is 0.203 e. The lowest BCUT2D eigenvalue weighted by Crippen LogP contribution is -2.05. The summed E-state index contributed by atoms with van der Waals surface area (Å²) in [5.41, 5.74) is 1.37. The third-order valence-electron chi connectivity index (χ3n) is 3.56. The van der Waals surface area contributed by atoms with E-state index in [2.05, 4.69) is 15.9 Å². The molecule has 0 aliphatic heterocycles. The van der Waals surface area contributed by atoms with Crippen molar-refractivity contribution in [2.75, 3.05) is 28.4 Å². The molecule has 0 atom stereocenters. The Morgan fingerprint density at radius 3 is 1.92 bits per heavy atom. The summed E-state index contributed by atoms with van der Waals surface area (Å²) in [6, 6.07) is 8.80. The number of ether oxygens (including phenoxy) is 4. The van der Waals surface area contributed by atoms with Crippen molar-refractivity contribution in [2.45, 2.75) is 6.42 Å². The first-order valence-electron chi connectivity index (χ1n) is 7.19. The predicted molar refractivity (Wildman–Crippen MR) is 94.8 cm³/mol. The van der Waals surface area contributed by atoms with Crippen molar-refractivity contribution in [1.29, 1.82) is 0 Å². The maximum Gasteiger partial charge on any atom is 0.203 e. The van der Waals surface area contributed by atoms with Crippen LogP contribution in [-0.4, -0.2) is 34.2 Å². The van der Waals surface area contributed by atoms with E-state index in [1.54, 1.807) is 58.8 Å². The van der Waals surface area contributed by atoms with E-state index in [1.165, 1.54) is 0 Å². The summed E-state index contributed by atoms with van der Waals surface area (Å²) in [5.74, 6) is 2.21. The number of carbonyl (C=O) groups excluding carboxylic acids is 1. The average Bonchev–Trinajstić information content (AvgIpc) is 2.60. The van der Waals surface area contributed by atoms with E-state index >= 15 is 0 Å². The number of Topliss-reactive ketones (excluding diaryl/α,β-unsaturated/α-hetero) is 1. The Kier molecular flexibility index (Phi) is 6.09. The van der Waals surface area contributed by atoms with Gasteiger partial charge >= 0.3 is 0 Å². The molecule has 24 heavy (non-hydrogen) atoms. The van der Waals surface area contributed by atoms with Crippen LogP contribution in [0.4, 0.5) is 0 Å². The van der Waals surface area contributed by atoms with Gasteiger partial charge in [0.2, 0.25) is 5.75 Å². The summed E-state index contributed by atoms with van der Waals surface area (Å²) in [6.45, 7) is 0. The Morgan fingerprint density at radius 2 is 1.46 bits per heavy atom. The average molecular weight is 395 g/mol. The molecule has 0 bridgehead atoms. The van der Waals surface area contributed by atoms with E-state index in [1.807, 2.05) is 0 Å². The monoisotopic (exact) mass is 394 g/mol. The topological polar surface area (TPSA) is 54.0 Å². The molecule has 2 aromatic carbocycles. The highest BCUT2D eigenvalue weighted by atomic mass is 79.9. The van der Waals surface area contributed by atoms with Crippen LogP contribution in [0.25, 0.3) is 0 Å². The molecule has 0 radical (unpaired) electrons. The Balaban J connectivity index is 2.30. The summed E-state index contributed by atoms with van der Waals surface area (Å²) in [6.07, 6.45) is 0.218. The van der Waals surface area contributed by atoms with Crippen LogP contribution in [0.2, 0.25) is 0 Å². The number of ketones is 1. The van der Waals surface area contributed by atoms with Gasteiger partial charge in [-0.1, -0.05) is 0 Å². The maximum atomic E-state index is 12.5. The van der Waals surface area contributed by atoms with Crippen molar-refractivity contribution in [3.8, 4) is 23.0 Å². The van der Waals surface area contributed by atoms with Gasteiger partial charge in [0.25, 0.3) is 0 Å². The lowest BCUT2D eigenvalue weighted by molar-refractivity contribution is 0.0993. The first-order chi connectivity index (χ1) is 11.5. The molecule has 0 aliphatic carbocycles. The van der Waals surface area contributed by atoms with E-state index in [0.29, 0.717) is 28.6 Å². The minimum Gasteiger partial charge on any atom is -0.496 e. The molecule has 128 valence electrons. The molecule has 0 spiro atoms. The molecule has 5 nitrogen and oxygen atoms in total. The minimum atomic E-state index is -0.0207. The van der Waals surface area contributed by atoms with E-state index in [4.69, 9.17) is 18.9 Å². The summed E-state index contributed by atoms with van der Waals surface area (Å²) < 4.78 is 21.8. The zero-order valence-corrected chi connectivity index (χ0v) is 15.6. The van der Waals surface area contributed by atoms with Gasteiger partial charge in [0.15, 0.2) is 17.3 Å². The number of hydrogen-bond acceptors (Lipinski definition) is 5. The number of hydrogen-bond donors (Lipinski definition) is 0. The number of carbonyl (C=O) groups is 1. The summed E-state index contributed by atoms with van der Waals surface area (Å²) >= 11 is 3.39. The highest BCUT2D eigenvalue weighted by Gasteiger charge is 2.16.